The number of fused-ring (bicyclic) bond motifs is 24. The summed E-state index contributed by atoms with van der Waals surface area (Å²) in [6.07, 6.45) is 7.30. The van der Waals surface area contributed by atoms with Crippen molar-refractivity contribution >= 4 is 159 Å². The second kappa shape index (κ2) is 29.8. The Labute approximate surface area is 728 Å². The third-order valence-corrected chi connectivity index (χ3v) is 27.0. The Hall–Kier alpha value is -16.3. The second-order valence-corrected chi connectivity index (χ2v) is 33.8. The molecule has 20 aromatic carbocycles. The van der Waals surface area contributed by atoms with Crippen molar-refractivity contribution in [2.75, 3.05) is 10.2 Å². The first-order chi connectivity index (χ1) is 62.5. The Morgan fingerprint density at radius 1 is 0.270 bits per heavy atom. The van der Waals surface area contributed by atoms with E-state index in [1.807, 2.05) is 0 Å². The fraction of sp³-hybridized carbons (Fsp3) is 0.0333. The molecule has 0 spiro atoms. The molecule has 0 bridgehead atoms. The maximum Gasteiger partial charge on any atom is 0.0641 e. The van der Waals surface area contributed by atoms with Gasteiger partial charge in [-0.05, 0) is 208 Å². The number of nitrogens with one attached hydrogen (secondary N) is 3. The maximum atomic E-state index is 3.81. The molecule has 6 nitrogen and oxygen atoms in total. The first kappa shape index (κ1) is 72.5. The van der Waals surface area contributed by atoms with E-state index >= 15 is 0 Å². The molecule has 4 atom stereocenters. The van der Waals surface area contributed by atoms with Crippen LogP contribution in [0.5, 0.6) is 0 Å². The molecule has 3 N–H and O–H groups in total. The zero-order valence-corrected chi connectivity index (χ0v) is 69.0. The standard InChI is InChI=1S/C48H36N2.C38H24N2.C34H22N2/c1-3-15-33(16-4-1)48-41(39-22-11-13-25-44(39)49-48)30-28-32-27-29-38(36-20-8-7-19-35(32)36)43-31-46-47(40-23-10-9-21-37(40)43)42-24-12-14-26-45(42)50(46)34-17-5-2-6-18-34;1-2-12-26-24(10-1)11-9-19-35(26)40-36-18-8-6-16-30(36)38-29-15-4-3-13-27(29)31(23-37(38)40)25-20-21-34-32(22-25)28-14-5-7-17-33(28)39-34;1-2-10-23(11-3-1)36-32-17-9-7-15-27(32)34-26-14-5-4-12-24(26)28(21-33(34)36)22-18-19-31-29(20-22)25-13-6-8-16-30(25)35-31/h1-31,41,46-49H;1-23,39H;1-21,35H/b30-28+;;. The van der Waals surface area contributed by atoms with Crippen molar-refractivity contribution in [2.24, 2.45) is 0 Å². The van der Waals surface area contributed by atoms with E-state index in [0.29, 0.717) is 0 Å². The minimum Gasteiger partial charge on any atom is -0.377 e. The Bertz CT molecular complexity index is 8530. The first-order valence-corrected chi connectivity index (χ1v) is 43.9. The lowest BCUT2D eigenvalue weighted by Crippen LogP contribution is -2.31. The smallest absolute Gasteiger partial charge is 0.0641 e. The van der Waals surface area contributed by atoms with E-state index in [4.69, 9.17) is 0 Å². The topological polar surface area (TPSA) is 56.7 Å². The number of hydrogen-bond acceptors (Lipinski definition) is 2. The lowest BCUT2D eigenvalue weighted by Gasteiger charge is -2.34. The molecule has 6 heterocycles. The Morgan fingerprint density at radius 2 is 0.730 bits per heavy atom. The van der Waals surface area contributed by atoms with Crippen molar-refractivity contribution in [2.45, 2.75) is 23.9 Å². The molecule has 1 aliphatic carbocycles. The Morgan fingerprint density at radius 3 is 1.37 bits per heavy atom. The Kier molecular flexibility index (Phi) is 17.2. The summed E-state index contributed by atoms with van der Waals surface area (Å²) in [5, 5.41) is 24.2. The third-order valence-electron chi connectivity index (χ3n) is 27.0. The van der Waals surface area contributed by atoms with Crippen LogP contribution in [0.1, 0.15) is 56.8 Å². The zero-order valence-electron chi connectivity index (χ0n) is 69.0. The largest absolute Gasteiger partial charge is 0.377 e. The fourth-order valence-corrected chi connectivity index (χ4v) is 21.5. The summed E-state index contributed by atoms with van der Waals surface area (Å²) in [4.78, 5) is 9.70. The van der Waals surface area contributed by atoms with Crippen LogP contribution in [0.25, 0.3) is 176 Å². The summed E-state index contributed by atoms with van der Waals surface area (Å²) < 4.78 is 4.87. The molecule has 126 heavy (non-hydrogen) atoms. The van der Waals surface area contributed by atoms with Crippen LogP contribution >= 0.6 is 0 Å². The van der Waals surface area contributed by atoms with E-state index in [2.05, 4.69) is 484 Å². The van der Waals surface area contributed by atoms with Gasteiger partial charge in [0.25, 0.3) is 0 Å². The number of H-pyrrole nitrogens is 2. The summed E-state index contributed by atoms with van der Waals surface area (Å²) in [5.74, 6) is 0.491. The predicted octanol–water partition coefficient (Wildman–Crippen LogP) is 31.5. The van der Waals surface area contributed by atoms with E-state index in [1.165, 1.54) is 226 Å². The van der Waals surface area contributed by atoms with Crippen molar-refractivity contribution in [3.05, 3.63) is 488 Å². The number of aromatic amines is 2. The van der Waals surface area contributed by atoms with Crippen LogP contribution in [0.3, 0.4) is 0 Å². The molecule has 4 aromatic heterocycles. The summed E-state index contributed by atoms with van der Waals surface area (Å²) >= 11 is 0. The molecule has 0 saturated carbocycles. The van der Waals surface area contributed by atoms with Crippen molar-refractivity contribution in [1.82, 2.24) is 19.1 Å². The number of para-hydroxylation sites is 8. The van der Waals surface area contributed by atoms with Gasteiger partial charge in [-0.25, -0.2) is 0 Å². The highest BCUT2D eigenvalue weighted by atomic mass is 15.2. The third kappa shape index (κ3) is 11.8. The Balaban J connectivity index is 0.000000105. The summed E-state index contributed by atoms with van der Waals surface area (Å²) in [7, 11) is 0. The number of anilines is 3. The van der Waals surface area contributed by atoms with E-state index in [-0.39, 0.29) is 23.9 Å². The highest BCUT2D eigenvalue weighted by Gasteiger charge is 2.43. The van der Waals surface area contributed by atoms with Gasteiger partial charge in [0, 0.05) is 105 Å². The normalized spacial score (nSPS) is 15.2. The van der Waals surface area contributed by atoms with Crippen molar-refractivity contribution in [1.29, 1.82) is 0 Å². The average molecular weight is 1610 g/mol. The van der Waals surface area contributed by atoms with Gasteiger partial charge in [0.05, 0.1) is 39.8 Å². The van der Waals surface area contributed by atoms with Gasteiger partial charge in [-0.2, -0.15) is 0 Å². The molecule has 2 aliphatic heterocycles. The minimum absolute atomic E-state index is 0.169. The SMILES string of the molecule is C1=C(c2ccc(/C=C/C3c4ccccc4NC3c3ccccc3)c3ccccc23)c2ccccc2C2c3ccccc3N(c3ccccc3)C12.c1ccc(-n2c3ccccc3c3c4ccccc4c(-c4ccc5[nH]c6ccccc6c5c4)cc32)cc1.c1ccc2c(-n3c4ccccc4c4c5ccccc5c(-c5ccc6[nH]c7ccccc7c6c5)cc43)cccc2c1. The monoisotopic (exact) mass is 1610 g/mol. The fourth-order valence-electron chi connectivity index (χ4n) is 21.5. The molecule has 0 amide bonds. The lowest BCUT2D eigenvalue weighted by atomic mass is 9.75. The molecule has 0 saturated heterocycles. The van der Waals surface area contributed by atoms with Crippen LogP contribution in [-0.4, -0.2) is 25.1 Å². The van der Waals surface area contributed by atoms with Gasteiger partial charge in [-0.15, -0.1) is 0 Å². The van der Waals surface area contributed by atoms with Crippen LogP contribution in [0, 0.1) is 0 Å². The van der Waals surface area contributed by atoms with E-state index in [1.54, 1.807) is 0 Å². The molecule has 3 aliphatic rings. The lowest BCUT2D eigenvalue weighted by molar-refractivity contribution is 0.721. The van der Waals surface area contributed by atoms with Gasteiger partial charge in [-0.3, -0.25) is 0 Å². The summed E-state index contributed by atoms with van der Waals surface area (Å²) in [6.45, 7) is 0. The molecule has 24 aromatic rings. The predicted molar refractivity (Wildman–Crippen MR) is 533 cm³/mol. The number of nitrogens with zero attached hydrogens (tertiary/aromatic N) is 3. The van der Waals surface area contributed by atoms with Crippen molar-refractivity contribution in [3.63, 3.8) is 0 Å². The van der Waals surface area contributed by atoms with Gasteiger partial charge in [0.1, 0.15) is 0 Å². The van der Waals surface area contributed by atoms with Gasteiger partial charge in [0.2, 0.25) is 0 Å². The maximum absolute atomic E-state index is 3.81. The molecule has 0 fully saturated rings. The molecule has 4 unspecified atom stereocenters. The van der Waals surface area contributed by atoms with Crippen LogP contribution in [0.2, 0.25) is 0 Å². The van der Waals surface area contributed by atoms with Crippen LogP contribution in [-0.2, 0) is 0 Å². The van der Waals surface area contributed by atoms with E-state index < -0.39 is 0 Å². The quantitative estimate of drug-likeness (QED) is 0.135. The number of hydrogen-bond donors (Lipinski definition) is 3. The molecular weight excluding hydrogens is 1530 g/mol. The van der Waals surface area contributed by atoms with Crippen LogP contribution in [0.15, 0.2) is 449 Å². The minimum atomic E-state index is 0.169. The molecular formula is C120H82N6. The summed E-state index contributed by atoms with van der Waals surface area (Å²) in [5.41, 5.74) is 31.3. The van der Waals surface area contributed by atoms with Crippen molar-refractivity contribution < 1.29 is 0 Å². The van der Waals surface area contributed by atoms with Crippen LogP contribution < -0.4 is 10.2 Å². The summed E-state index contributed by atoms with van der Waals surface area (Å²) in [6, 6.07) is 159. The second-order valence-electron chi connectivity index (χ2n) is 33.8. The number of benzene rings is 20. The van der Waals surface area contributed by atoms with Crippen molar-refractivity contribution in [3.8, 4) is 33.6 Å². The number of aromatic nitrogens is 4. The zero-order chi connectivity index (χ0) is 82.9. The first-order valence-electron chi connectivity index (χ1n) is 43.9. The van der Waals surface area contributed by atoms with Gasteiger partial charge < -0.3 is 29.3 Å². The van der Waals surface area contributed by atoms with E-state index in [0.717, 1.165) is 0 Å². The highest BCUT2D eigenvalue weighted by molar-refractivity contribution is 6.27. The average Bonchev–Trinajstić information content (AvgIpc) is 1.56. The van der Waals surface area contributed by atoms with Gasteiger partial charge >= 0.3 is 0 Å². The van der Waals surface area contributed by atoms with Gasteiger partial charge in [-0.1, -0.05) is 352 Å². The van der Waals surface area contributed by atoms with E-state index in [9.17, 15) is 0 Å². The number of rotatable bonds is 9. The molecule has 6 heteroatoms. The van der Waals surface area contributed by atoms with Crippen LogP contribution in [0.4, 0.5) is 17.1 Å². The molecule has 27 rings (SSSR count). The highest BCUT2D eigenvalue weighted by Crippen LogP contribution is 2.55. The van der Waals surface area contributed by atoms with Gasteiger partial charge in [0.15, 0.2) is 0 Å². The molecule has 0 radical (unpaired) electrons. The molecule has 592 valence electrons.